The molecule has 0 aromatic carbocycles. The number of alkyl halides is 1. The van der Waals surface area contributed by atoms with Crippen molar-refractivity contribution >= 4 is 39.7 Å². The van der Waals surface area contributed by atoms with Gasteiger partial charge in [-0.05, 0) is 33.8 Å². The van der Waals surface area contributed by atoms with Crippen molar-refractivity contribution in [3.8, 4) is 0 Å². The van der Waals surface area contributed by atoms with Crippen LogP contribution in [0.1, 0.15) is 42.9 Å². The molecule has 2 aromatic rings. The highest BCUT2D eigenvalue weighted by atomic mass is 35.5. The van der Waals surface area contributed by atoms with Gasteiger partial charge in [0.15, 0.2) is 5.13 Å². The Balaban J connectivity index is 2.19. The topological polar surface area (TPSA) is 107 Å². The smallest absolute Gasteiger partial charge is 0.255 e. The Morgan fingerprint density at radius 1 is 1.30 bits per heavy atom. The summed E-state index contributed by atoms with van der Waals surface area (Å²) in [4.78, 5) is 21.1. The molecule has 1 amide bonds. The fourth-order valence-corrected chi connectivity index (χ4v) is 2.96. The number of halogens is 2. The minimum absolute atomic E-state index is 0.141. The van der Waals surface area contributed by atoms with E-state index in [1.54, 1.807) is 13.8 Å². The van der Waals surface area contributed by atoms with Gasteiger partial charge in [-0.15, -0.1) is 0 Å². The quantitative estimate of drug-likeness (QED) is 0.517. The summed E-state index contributed by atoms with van der Waals surface area (Å²) in [7, 11) is 0. The van der Waals surface area contributed by atoms with Gasteiger partial charge in [-0.3, -0.25) is 4.79 Å². The zero-order valence-corrected chi connectivity index (χ0v) is 17.0. The first-order valence-corrected chi connectivity index (χ1v) is 9.33. The molecule has 0 bridgehead atoms. The van der Waals surface area contributed by atoms with Crippen molar-refractivity contribution in [1.29, 1.82) is 0 Å². The lowest BCUT2D eigenvalue weighted by Crippen LogP contribution is -2.42. The zero-order valence-electron chi connectivity index (χ0n) is 15.4. The lowest BCUT2D eigenvalue weighted by atomic mass is 10.0. The summed E-state index contributed by atoms with van der Waals surface area (Å²) in [5.74, 6) is -0.576. The predicted octanol–water partition coefficient (Wildman–Crippen LogP) is 3.00. The third-order valence-corrected chi connectivity index (χ3v) is 5.11. The minimum Gasteiger partial charge on any atom is -0.387 e. The Bertz CT molecular complexity index is 817. The second-order valence-corrected chi connectivity index (χ2v) is 8.52. The summed E-state index contributed by atoms with van der Waals surface area (Å²) >= 11 is 7.14. The summed E-state index contributed by atoms with van der Waals surface area (Å²) < 4.78 is 13.9. The number of thiazole rings is 1. The van der Waals surface area contributed by atoms with Gasteiger partial charge >= 0.3 is 0 Å². The summed E-state index contributed by atoms with van der Waals surface area (Å²) in [5, 5.41) is 25.7. The molecule has 2 heterocycles. The summed E-state index contributed by atoms with van der Waals surface area (Å²) in [6.07, 6.45) is 1.17. The lowest BCUT2D eigenvalue weighted by molar-refractivity contribution is -0.00177. The number of hydrogen-bond donors (Lipinski definition) is 4. The van der Waals surface area contributed by atoms with Crippen molar-refractivity contribution in [2.45, 2.75) is 45.1 Å². The van der Waals surface area contributed by atoms with Crippen LogP contribution in [-0.4, -0.2) is 44.4 Å². The monoisotopic (exact) mass is 416 g/mol. The van der Waals surface area contributed by atoms with E-state index in [4.69, 9.17) is 11.6 Å². The average Bonchev–Trinajstić information content (AvgIpc) is 3.00. The Hall–Kier alpha value is -1.81. The molecule has 0 fully saturated rings. The summed E-state index contributed by atoms with van der Waals surface area (Å²) in [6, 6.07) is 1.45. The molecule has 0 aliphatic heterocycles. The zero-order chi connectivity index (χ0) is 20.4. The molecule has 0 aliphatic carbocycles. The van der Waals surface area contributed by atoms with E-state index in [0.717, 1.165) is 0 Å². The first-order chi connectivity index (χ1) is 12.4. The molecular weight excluding hydrogens is 395 g/mol. The second kappa shape index (κ2) is 8.05. The van der Waals surface area contributed by atoms with Gasteiger partial charge < -0.3 is 20.8 Å². The molecular formula is C17H22ClFN4O3S. The summed E-state index contributed by atoms with van der Waals surface area (Å²) in [6.45, 7) is 5.57. The van der Waals surface area contributed by atoms with E-state index in [0.29, 0.717) is 15.7 Å². The van der Waals surface area contributed by atoms with Crippen LogP contribution < -0.4 is 10.6 Å². The number of pyridine rings is 1. The van der Waals surface area contributed by atoms with Crippen molar-refractivity contribution in [3.05, 3.63) is 34.1 Å². The van der Waals surface area contributed by atoms with Gasteiger partial charge in [0.25, 0.3) is 5.91 Å². The Morgan fingerprint density at radius 2 is 1.96 bits per heavy atom. The largest absolute Gasteiger partial charge is 0.387 e. The molecule has 0 saturated heterocycles. The number of carbonyl (C=O) groups is 1. The third-order valence-electron chi connectivity index (χ3n) is 3.67. The number of rotatable bonds is 7. The average molecular weight is 417 g/mol. The van der Waals surface area contributed by atoms with Crippen molar-refractivity contribution < 1.29 is 19.4 Å². The van der Waals surface area contributed by atoms with Gasteiger partial charge in [-0.2, -0.15) is 0 Å². The maximum absolute atomic E-state index is 13.9. The number of aromatic nitrogens is 2. The SMILES string of the molecule is CC(C)(O)c1cnc(Nc2cc(Cl)ncc2C(=O)NCC(F)C(C)(C)O)s1. The van der Waals surface area contributed by atoms with Crippen LogP contribution in [0.25, 0.3) is 0 Å². The van der Waals surface area contributed by atoms with Crippen LogP contribution in [0, 0.1) is 0 Å². The van der Waals surface area contributed by atoms with Gasteiger partial charge in [0.05, 0.1) is 33.9 Å². The van der Waals surface area contributed by atoms with Crippen LogP contribution in [0.3, 0.4) is 0 Å². The van der Waals surface area contributed by atoms with Gasteiger partial charge in [-0.25, -0.2) is 14.4 Å². The van der Waals surface area contributed by atoms with E-state index in [1.165, 1.54) is 43.6 Å². The number of amides is 1. The maximum atomic E-state index is 13.9. The highest BCUT2D eigenvalue weighted by Gasteiger charge is 2.27. The third kappa shape index (κ3) is 5.83. The standard InChI is InChI=1S/C17H22ClFN4O3S/c1-16(2,25)11(19)7-21-14(24)9-6-20-13(18)5-10(9)23-15-22-8-12(27-15)17(3,4)26/h5-6,8,11,25-26H,7H2,1-4H3,(H,21,24)(H,20,22,23). The van der Waals surface area contributed by atoms with E-state index in [2.05, 4.69) is 20.6 Å². The molecule has 2 aromatic heterocycles. The van der Waals surface area contributed by atoms with Crippen molar-refractivity contribution in [1.82, 2.24) is 15.3 Å². The van der Waals surface area contributed by atoms with E-state index >= 15 is 0 Å². The van der Waals surface area contributed by atoms with Crippen molar-refractivity contribution in [3.63, 3.8) is 0 Å². The molecule has 1 unspecified atom stereocenters. The van der Waals surface area contributed by atoms with Gasteiger partial charge in [0, 0.05) is 12.4 Å². The molecule has 27 heavy (non-hydrogen) atoms. The second-order valence-electron chi connectivity index (χ2n) is 7.10. The van der Waals surface area contributed by atoms with Crippen LogP contribution in [0.2, 0.25) is 5.15 Å². The highest BCUT2D eigenvalue weighted by molar-refractivity contribution is 7.15. The number of nitrogens with zero attached hydrogens (tertiary/aromatic N) is 2. The minimum atomic E-state index is -1.63. The molecule has 1 atom stereocenters. The van der Waals surface area contributed by atoms with E-state index in [-0.39, 0.29) is 17.3 Å². The molecule has 0 aliphatic rings. The number of anilines is 2. The van der Waals surface area contributed by atoms with Crippen LogP contribution in [0.4, 0.5) is 15.2 Å². The Labute approximate surface area is 165 Å². The van der Waals surface area contributed by atoms with Gasteiger partial charge in [-0.1, -0.05) is 22.9 Å². The van der Waals surface area contributed by atoms with Crippen molar-refractivity contribution in [2.24, 2.45) is 0 Å². The normalized spacial score (nSPS) is 13.3. The maximum Gasteiger partial charge on any atom is 0.255 e. The molecule has 0 spiro atoms. The van der Waals surface area contributed by atoms with Crippen LogP contribution >= 0.6 is 22.9 Å². The van der Waals surface area contributed by atoms with E-state index in [1.807, 2.05) is 0 Å². The van der Waals surface area contributed by atoms with E-state index < -0.39 is 23.3 Å². The van der Waals surface area contributed by atoms with Crippen molar-refractivity contribution in [2.75, 3.05) is 11.9 Å². The highest BCUT2D eigenvalue weighted by Crippen LogP contribution is 2.31. The molecule has 7 nitrogen and oxygen atoms in total. The molecule has 2 rings (SSSR count). The Kier molecular flexibility index (Phi) is 6.41. The lowest BCUT2D eigenvalue weighted by Gasteiger charge is -2.22. The molecule has 0 radical (unpaired) electrons. The molecule has 148 valence electrons. The van der Waals surface area contributed by atoms with Crippen LogP contribution in [0.5, 0.6) is 0 Å². The number of carbonyl (C=O) groups excluding carboxylic acids is 1. The van der Waals surface area contributed by atoms with Gasteiger partial charge in [0.1, 0.15) is 11.3 Å². The van der Waals surface area contributed by atoms with Crippen LogP contribution in [-0.2, 0) is 5.60 Å². The predicted molar refractivity (Wildman–Crippen MR) is 103 cm³/mol. The summed E-state index contributed by atoms with van der Waals surface area (Å²) in [5.41, 5.74) is -2.13. The molecule has 10 heteroatoms. The van der Waals surface area contributed by atoms with E-state index in [9.17, 15) is 19.4 Å². The van der Waals surface area contributed by atoms with Gasteiger partial charge in [0.2, 0.25) is 0 Å². The molecule has 4 N–H and O–H groups in total. The number of nitrogens with one attached hydrogen (secondary N) is 2. The fourth-order valence-electron chi connectivity index (χ4n) is 1.97. The number of aliphatic hydroxyl groups is 2. The first-order valence-electron chi connectivity index (χ1n) is 8.14. The first kappa shape index (κ1) is 21.5. The number of hydrogen-bond acceptors (Lipinski definition) is 7. The fraction of sp³-hybridized carbons (Fsp3) is 0.471. The van der Waals surface area contributed by atoms with Crippen LogP contribution in [0.15, 0.2) is 18.5 Å². The Morgan fingerprint density at radius 3 is 2.52 bits per heavy atom. The molecule has 0 saturated carbocycles.